The molecule has 0 bridgehead atoms. The standard InChI is InChI=1S/C20H24BrN3O/c1-15-2-4-16(5-3-15)13-24-11-10-17(14-24)12-22-20(25)23-19-8-6-18(21)7-9-19/h2-9,17H,10-14H2,1H3,(H2,22,23,25). The van der Waals surface area contributed by atoms with Gasteiger partial charge in [-0.3, -0.25) is 4.90 Å². The highest BCUT2D eigenvalue weighted by atomic mass is 79.9. The first kappa shape index (κ1) is 18.0. The number of aryl methyl sites for hydroxylation is 1. The number of benzene rings is 2. The number of carbonyl (C=O) groups excluding carboxylic acids is 1. The molecule has 1 atom stereocenters. The van der Waals surface area contributed by atoms with Gasteiger partial charge in [-0.25, -0.2) is 4.79 Å². The van der Waals surface area contributed by atoms with Crippen molar-refractivity contribution in [1.82, 2.24) is 10.2 Å². The Kier molecular flexibility index (Phi) is 6.10. The topological polar surface area (TPSA) is 44.4 Å². The highest BCUT2D eigenvalue weighted by Crippen LogP contribution is 2.18. The van der Waals surface area contributed by atoms with Gasteiger partial charge in [0, 0.05) is 29.8 Å². The van der Waals surface area contributed by atoms with Gasteiger partial charge in [0.15, 0.2) is 0 Å². The van der Waals surface area contributed by atoms with Crippen LogP contribution in [0.2, 0.25) is 0 Å². The van der Waals surface area contributed by atoms with Gasteiger partial charge < -0.3 is 10.6 Å². The van der Waals surface area contributed by atoms with E-state index in [1.54, 1.807) is 0 Å². The molecule has 1 aliphatic rings. The van der Waals surface area contributed by atoms with Gasteiger partial charge in [-0.15, -0.1) is 0 Å². The Morgan fingerprint density at radius 3 is 2.60 bits per heavy atom. The van der Waals surface area contributed by atoms with E-state index in [2.05, 4.69) is 62.7 Å². The zero-order valence-corrected chi connectivity index (χ0v) is 16.1. The summed E-state index contributed by atoms with van der Waals surface area (Å²) in [6.45, 7) is 5.94. The highest BCUT2D eigenvalue weighted by Gasteiger charge is 2.22. The molecule has 4 nitrogen and oxygen atoms in total. The number of urea groups is 1. The van der Waals surface area contributed by atoms with Crippen molar-refractivity contribution in [2.45, 2.75) is 19.9 Å². The van der Waals surface area contributed by atoms with E-state index in [0.29, 0.717) is 12.5 Å². The monoisotopic (exact) mass is 401 g/mol. The second kappa shape index (κ2) is 8.50. The first-order valence-corrected chi connectivity index (χ1v) is 9.46. The van der Waals surface area contributed by atoms with Crippen molar-refractivity contribution in [3.63, 3.8) is 0 Å². The Bertz CT molecular complexity index is 700. The highest BCUT2D eigenvalue weighted by molar-refractivity contribution is 9.10. The van der Waals surface area contributed by atoms with Crippen molar-refractivity contribution in [3.05, 3.63) is 64.1 Å². The van der Waals surface area contributed by atoms with Gasteiger partial charge in [0.25, 0.3) is 0 Å². The number of rotatable bonds is 5. The van der Waals surface area contributed by atoms with Crippen LogP contribution >= 0.6 is 15.9 Å². The normalized spacial score (nSPS) is 17.4. The Morgan fingerprint density at radius 1 is 1.16 bits per heavy atom. The van der Waals surface area contributed by atoms with Crippen molar-refractivity contribution in [1.29, 1.82) is 0 Å². The first-order chi connectivity index (χ1) is 12.1. The van der Waals surface area contributed by atoms with E-state index in [4.69, 9.17) is 0 Å². The molecule has 3 rings (SSSR count). The average Bonchev–Trinajstić information content (AvgIpc) is 3.05. The predicted molar refractivity (Wildman–Crippen MR) is 106 cm³/mol. The number of likely N-dealkylation sites (tertiary alicyclic amines) is 1. The summed E-state index contributed by atoms with van der Waals surface area (Å²) in [5, 5.41) is 5.86. The lowest BCUT2D eigenvalue weighted by Crippen LogP contribution is -2.34. The zero-order chi connectivity index (χ0) is 17.6. The number of nitrogens with zero attached hydrogens (tertiary/aromatic N) is 1. The molecule has 0 radical (unpaired) electrons. The number of halogens is 1. The predicted octanol–water partition coefficient (Wildman–Crippen LogP) is 4.40. The lowest BCUT2D eigenvalue weighted by Gasteiger charge is -2.16. The molecule has 1 unspecified atom stereocenters. The first-order valence-electron chi connectivity index (χ1n) is 8.67. The molecule has 0 spiro atoms. The molecule has 1 aliphatic heterocycles. The number of amides is 2. The maximum atomic E-state index is 12.0. The van der Waals surface area contributed by atoms with Crippen molar-refractivity contribution < 1.29 is 4.79 Å². The maximum absolute atomic E-state index is 12.0. The van der Waals surface area contributed by atoms with Crippen LogP contribution in [0.5, 0.6) is 0 Å². The molecule has 1 heterocycles. The van der Waals surface area contributed by atoms with Crippen molar-refractivity contribution in [3.8, 4) is 0 Å². The van der Waals surface area contributed by atoms with E-state index in [0.717, 1.165) is 36.2 Å². The third-order valence-electron chi connectivity index (χ3n) is 4.55. The summed E-state index contributed by atoms with van der Waals surface area (Å²) in [6, 6.07) is 16.2. The molecule has 0 aliphatic carbocycles. The lowest BCUT2D eigenvalue weighted by molar-refractivity contribution is 0.249. The molecule has 0 aromatic heterocycles. The van der Waals surface area contributed by atoms with Crippen LogP contribution in [-0.4, -0.2) is 30.6 Å². The van der Waals surface area contributed by atoms with Gasteiger partial charge in [-0.05, 0) is 55.6 Å². The van der Waals surface area contributed by atoms with E-state index in [1.165, 1.54) is 11.1 Å². The molecule has 5 heteroatoms. The number of carbonyl (C=O) groups is 1. The molecule has 2 aromatic carbocycles. The molecule has 2 N–H and O–H groups in total. The summed E-state index contributed by atoms with van der Waals surface area (Å²) in [4.78, 5) is 14.5. The minimum atomic E-state index is -0.140. The molecule has 132 valence electrons. The van der Waals surface area contributed by atoms with Crippen LogP contribution in [0, 0.1) is 12.8 Å². The van der Waals surface area contributed by atoms with E-state index >= 15 is 0 Å². The second-order valence-corrected chi connectivity index (χ2v) is 7.63. The van der Waals surface area contributed by atoms with Crippen LogP contribution in [0.3, 0.4) is 0 Å². The van der Waals surface area contributed by atoms with E-state index in [9.17, 15) is 4.79 Å². The van der Waals surface area contributed by atoms with Crippen LogP contribution in [-0.2, 0) is 6.54 Å². The minimum Gasteiger partial charge on any atom is -0.338 e. The summed E-state index contributed by atoms with van der Waals surface area (Å²) < 4.78 is 0.998. The molecule has 2 aromatic rings. The van der Waals surface area contributed by atoms with Gasteiger partial charge >= 0.3 is 6.03 Å². The Balaban J connectivity index is 1.40. The fraction of sp³-hybridized carbons (Fsp3) is 0.350. The molecule has 2 amide bonds. The van der Waals surface area contributed by atoms with Crippen LogP contribution in [0.15, 0.2) is 53.0 Å². The summed E-state index contributed by atoms with van der Waals surface area (Å²) in [5.74, 6) is 0.515. The molecule has 25 heavy (non-hydrogen) atoms. The maximum Gasteiger partial charge on any atom is 0.319 e. The molecular weight excluding hydrogens is 378 g/mol. The number of nitrogens with one attached hydrogen (secondary N) is 2. The Labute approximate surface area is 157 Å². The summed E-state index contributed by atoms with van der Waals surface area (Å²) in [5.41, 5.74) is 3.45. The fourth-order valence-electron chi connectivity index (χ4n) is 3.12. The van der Waals surface area contributed by atoms with Gasteiger partial charge in [0.1, 0.15) is 0 Å². The average molecular weight is 402 g/mol. The molecular formula is C20H24BrN3O. The van der Waals surface area contributed by atoms with Crippen molar-refractivity contribution in [2.75, 3.05) is 25.0 Å². The Morgan fingerprint density at radius 2 is 1.88 bits per heavy atom. The van der Waals surface area contributed by atoms with Gasteiger partial charge in [0.05, 0.1) is 0 Å². The van der Waals surface area contributed by atoms with Gasteiger partial charge in [-0.2, -0.15) is 0 Å². The van der Waals surface area contributed by atoms with Gasteiger partial charge in [-0.1, -0.05) is 45.8 Å². The summed E-state index contributed by atoms with van der Waals surface area (Å²) >= 11 is 3.39. The smallest absolute Gasteiger partial charge is 0.319 e. The van der Waals surface area contributed by atoms with Crippen LogP contribution in [0.25, 0.3) is 0 Å². The summed E-state index contributed by atoms with van der Waals surface area (Å²) in [6.07, 6.45) is 1.13. The number of hydrogen-bond acceptors (Lipinski definition) is 2. The van der Waals surface area contributed by atoms with Crippen molar-refractivity contribution in [2.24, 2.45) is 5.92 Å². The van der Waals surface area contributed by atoms with Crippen molar-refractivity contribution >= 4 is 27.6 Å². The van der Waals surface area contributed by atoms with E-state index in [-0.39, 0.29) is 6.03 Å². The van der Waals surface area contributed by atoms with E-state index < -0.39 is 0 Å². The van der Waals surface area contributed by atoms with E-state index in [1.807, 2.05) is 24.3 Å². The van der Waals surface area contributed by atoms with Crippen LogP contribution in [0.1, 0.15) is 17.5 Å². The number of hydrogen-bond donors (Lipinski definition) is 2. The minimum absolute atomic E-state index is 0.140. The number of anilines is 1. The third kappa shape index (κ3) is 5.58. The molecule has 1 saturated heterocycles. The zero-order valence-electron chi connectivity index (χ0n) is 14.5. The fourth-order valence-corrected chi connectivity index (χ4v) is 3.38. The summed E-state index contributed by atoms with van der Waals surface area (Å²) in [7, 11) is 0. The molecule has 1 fully saturated rings. The largest absolute Gasteiger partial charge is 0.338 e. The molecule has 0 saturated carbocycles. The second-order valence-electron chi connectivity index (χ2n) is 6.72. The lowest BCUT2D eigenvalue weighted by atomic mass is 10.1. The Hall–Kier alpha value is -1.85. The van der Waals surface area contributed by atoms with Crippen LogP contribution in [0.4, 0.5) is 10.5 Å². The quantitative estimate of drug-likeness (QED) is 0.779. The van der Waals surface area contributed by atoms with Crippen LogP contribution < -0.4 is 10.6 Å². The SMILES string of the molecule is Cc1ccc(CN2CCC(CNC(=O)Nc3ccc(Br)cc3)C2)cc1. The van der Waals surface area contributed by atoms with Gasteiger partial charge in [0.2, 0.25) is 0 Å². The third-order valence-corrected chi connectivity index (χ3v) is 5.08.